The van der Waals surface area contributed by atoms with Crippen LogP contribution in [-0.4, -0.2) is 32.2 Å². The third kappa shape index (κ3) is 4.55. The number of nitrogens with one attached hydrogen (secondary N) is 2. The van der Waals surface area contributed by atoms with E-state index in [1.165, 1.54) is 6.33 Å². The number of anilines is 1. The monoisotopic (exact) mass is 410 g/mol. The molecule has 0 saturated heterocycles. The molecule has 4 aromatic rings. The first-order valence-electron chi connectivity index (χ1n) is 9.13. The molecule has 3 aromatic heterocycles. The predicted octanol–water partition coefficient (Wildman–Crippen LogP) is 3.04. The average Bonchev–Trinajstić information content (AvgIpc) is 3.38. The quantitative estimate of drug-likeness (QED) is 0.463. The number of aromatic nitrogens is 4. The molecule has 2 N–H and O–H groups in total. The van der Waals surface area contributed by atoms with Crippen LogP contribution in [0.15, 0.2) is 59.6 Å². The number of halogens is 1. The van der Waals surface area contributed by atoms with E-state index in [-0.39, 0.29) is 12.3 Å². The van der Waals surface area contributed by atoms with Crippen LogP contribution in [0.2, 0.25) is 5.02 Å². The molecule has 0 spiro atoms. The summed E-state index contributed by atoms with van der Waals surface area (Å²) in [6.45, 7) is 1.44. The summed E-state index contributed by atoms with van der Waals surface area (Å²) in [5.41, 5.74) is 1.50. The van der Waals surface area contributed by atoms with E-state index in [4.69, 9.17) is 16.0 Å². The molecule has 0 atom stereocenters. The van der Waals surface area contributed by atoms with Crippen LogP contribution in [0.5, 0.6) is 0 Å². The number of hydrogen-bond acceptors (Lipinski definition) is 6. The highest BCUT2D eigenvalue weighted by Crippen LogP contribution is 2.19. The minimum Gasteiger partial charge on any atom is -0.467 e. The number of amides is 1. The average molecular weight is 411 g/mol. The smallest absolute Gasteiger partial charge is 0.224 e. The Morgan fingerprint density at radius 1 is 1.17 bits per heavy atom. The maximum atomic E-state index is 12.2. The van der Waals surface area contributed by atoms with Crippen LogP contribution in [0.1, 0.15) is 11.3 Å². The highest BCUT2D eigenvalue weighted by atomic mass is 35.5. The molecule has 9 heteroatoms. The van der Waals surface area contributed by atoms with E-state index in [1.54, 1.807) is 23.2 Å². The van der Waals surface area contributed by atoms with E-state index in [1.807, 2.05) is 30.3 Å². The molecule has 4 rings (SSSR count). The lowest BCUT2D eigenvalue weighted by Crippen LogP contribution is -2.29. The lowest BCUT2D eigenvalue weighted by molar-refractivity contribution is -0.120. The lowest BCUT2D eigenvalue weighted by atomic mass is 10.1. The number of hydrogen-bond donors (Lipinski definition) is 2. The molecule has 1 aromatic carbocycles. The summed E-state index contributed by atoms with van der Waals surface area (Å²) in [5, 5.41) is 11.9. The summed E-state index contributed by atoms with van der Waals surface area (Å²) in [5.74, 6) is 1.40. The van der Waals surface area contributed by atoms with Gasteiger partial charge in [-0.15, -0.1) is 0 Å². The largest absolute Gasteiger partial charge is 0.467 e. The molecule has 0 saturated carbocycles. The van der Waals surface area contributed by atoms with Gasteiger partial charge in [0.05, 0.1) is 37.4 Å². The van der Waals surface area contributed by atoms with Gasteiger partial charge in [-0.25, -0.2) is 14.6 Å². The molecule has 29 heavy (non-hydrogen) atoms. The fraction of sp³-hybridized carbons (Fsp3) is 0.200. The van der Waals surface area contributed by atoms with Crippen molar-refractivity contribution in [3.05, 3.63) is 71.5 Å². The van der Waals surface area contributed by atoms with Crippen molar-refractivity contribution in [2.24, 2.45) is 0 Å². The van der Waals surface area contributed by atoms with E-state index in [0.29, 0.717) is 36.1 Å². The lowest BCUT2D eigenvalue weighted by Gasteiger charge is -2.08. The Balaban J connectivity index is 1.35. The van der Waals surface area contributed by atoms with Gasteiger partial charge in [0, 0.05) is 11.6 Å². The van der Waals surface area contributed by atoms with Gasteiger partial charge in [-0.2, -0.15) is 5.10 Å². The molecule has 0 bridgehead atoms. The summed E-state index contributed by atoms with van der Waals surface area (Å²) in [4.78, 5) is 20.8. The zero-order chi connectivity index (χ0) is 20.1. The molecule has 0 aliphatic carbocycles. The fourth-order valence-corrected chi connectivity index (χ4v) is 3.16. The van der Waals surface area contributed by atoms with Gasteiger partial charge in [0.2, 0.25) is 5.91 Å². The van der Waals surface area contributed by atoms with Gasteiger partial charge in [-0.05, 0) is 23.8 Å². The second kappa shape index (κ2) is 8.74. The second-order valence-corrected chi connectivity index (χ2v) is 6.79. The summed E-state index contributed by atoms with van der Waals surface area (Å²) >= 11 is 6.10. The Kier molecular flexibility index (Phi) is 5.71. The molecule has 0 fully saturated rings. The van der Waals surface area contributed by atoms with Crippen molar-refractivity contribution in [1.82, 2.24) is 25.1 Å². The number of fused-ring (bicyclic) bond motifs is 1. The summed E-state index contributed by atoms with van der Waals surface area (Å²) < 4.78 is 7.06. The molecule has 0 aliphatic rings. The Hall–Kier alpha value is -3.39. The van der Waals surface area contributed by atoms with Crippen LogP contribution >= 0.6 is 11.6 Å². The first-order chi connectivity index (χ1) is 14.2. The topological polar surface area (TPSA) is 97.9 Å². The van der Waals surface area contributed by atoms with Crippen LogP contribution in [0.3, 0.4) is 0 Å². The van der Waals surface area contributed by atoms with Crippen molar-refractivity contribution in [3.63, 3.8) is 0 Å². The van der Waals surface area contributed by atoms with Crippen LogP contribution < -0.4 is 10.6 Å². The van der Waals surface area contributed by atoms with Crippen LogP contribution in [0.4, 0.5) is 5.82 Å². The first-order valence-corrected chi connectivity index (χ1v) is 9.51. The van der Waals surface area contributed by atoms with Gasteiger partial charge < -0.3 is 15.1 Å². The molecular weight excluding hydrogens is 392 g/mol. The molecule has 1 amide bonds. The summed E-state index contributed by atoms with van der Waals surface area (Å²) in [6.07, 6.45) is 5.07. The number of carbonyl (C=O) groups excluding carboxylic acids is 1. The first kappa shape index (κ1) is 18.9. The molecule has 3 heterocycles. The predicted molar refractivity (Wildman–Crippen MR) is 110 cm³/mol. The van der Waals surface area contributed by atoms with Crippen LogP contribution in [0.25, 0.3) is 11.0 Å². The number of benzene rings is 1. The van der Waals surface area contributed by atoms with Gasteiger partial charge in [0.25, 0.3) is 0 Å². The third-order valence-electron chi connectivity index (χ3n) is 4.40. The molecular formula is C20H19ClN6O2. The van der Waals surface area contributed by atoms with E-state index >= 15 is 0 Å². The van der Waals surface area contributed by atoms with Crippen molar-refractivity contribution < 1.29 is 9.21 Å². The zero-order valence-electron chi connectivity index (χ0n) is 15.5. The number of carbonyl (C=O) groups is 1. The number of furan rings is 1. The summed E-state index contributed by atoms with van der Waals surface area (Å²) in [6, 6.07) is 11.0. The Bertz CT molecular complexity index is 1110. The normalized spacial score (nSPS) is 10.9. The Morgan fingerprint density at radius 2 is 2.07 bits per heavy atom. The standard InChI is InChI=1S/C20H19ClN6O2/c21-17-6-2-1-4-14(17)10-18(28)22-7-8-27-20-16(12-26-27)19(24-13-25-20)23-11-15-5-3-9-29-15/h1-6,9,12-13H,7-8,10-11H2,(H,22,28)(H,23,24,25). The van der Waals surface area contributed by atoms with Crippen molar-refractivity contribution >= 4 is 34.4 Å². The Morgan fingerprint density at radius 3 is 2.90 bits per heavy atom. The van der Waals surface area contributed by atoms with Gasteiger partial charge >= 0.3 is 0 Å². The van der Waals surface area contributed by atoms with E-state index in [0.717, 1.165) is 16.7 Å². The molecule has 0 radical (unpaired) electrons. The maximum absolute atomic E-state index is 12.2. The maximum Gasteiger partial charge on any atom is 0.224 e. The number of nitrogens with zero attached hydrogens (tertiary/aromatic N) is 4. The molecule has 0 aliphatic heterocycles. The highest BCUT2D eigenvalue weighted by molar-refractivity contribution is 6.31. The van der Waals surface area contributed by atoms with Gasteiger partial charge in [-0.1, -0.05) is 29.8 Å². The molecule has 8 nitrogen and oxygen atoms in total. The number of rotatable bonds is 8. The van der Waals surface area contributed by atoms with Crippen LogP contribution in [0, 0.1) is 0 Å². The van der Waals surface area contributed by atoms with E-state index < -0.39 is 0 Å². The molecule has 148 valence electrons. The molecule has 0 unspecified atom stereocenters. The van der Waals surface area contributed by atoms with Gasteiger partial charge in [-0.3, -0.25) is 4.79 Å². The van der Waals surface area contributed by atoms with E-state index in [9.17, 15) is 4.79 Å². The van der Waals surface area contributed by atoms with Crippen molar-refractivity contribution in [2.75, 3.05) is 11.9 Å². The van der Waals surface area contributed by atoms with Crippen molar-refractivity contribution in [2.45, 2.75) is 19.5 Å². The van der Waals surface area contributed by atoms with E-state index in [2.05, 4.69) is 25.7 Å². The van der Waals surface area contributed by atoms with Gasteiger partial charge in [0.1, 0.15) is 17.9 Å². The Labute approximate surface area is 171 Å². The van der Waals surface area contributed by atoms with Gasteiger partial charge in [0.15, 0.2) is 5.65 Å². The highest BCUT2D eigenvalue weighted by Gasteiger charge is 2.11. The van der Waals surface area contributed by atoms with Crippen LogP contribution in [-0.2, 0) is 24.3 Å². The zero-order valence-corrected chi connectivity index (χ0v) is 16.3. The third-order valence-corrected chi connectivity index (χ3v) is 4.77. The summed E-state index contributed by atoms with van der Waals surface area (Å²) in [7, 11) is 0. The fourth-order valence-electron chi connectivity index (χ4n) is 2.96. The van der Waals surface area contributed by atoms with Crippen molar-refractivity contribution in [1.29, 1.82) is 0 Å². The van der Waals surface area contributed by atoms with Crippen molar-refractivity contribution in [3.8, 4) is 0 Å². The second-order valence-electron chi connectivity index (χ2n) is 6.38. The minimum atomic E-state index is -0.0926. The minimum absolute atomic E-state index is 0.0926. The SMILES string of the molecule is O=C(Cc1ccccc1Cl)NCCn1ncc2c(NCc3ccco3)ncnc21.